The Morgan fingerprint density at radius 2 is 1.86 bits per heavy atom. The standard InChI is InChI=1S/C18H20ClFN5O8PS/c19-18-23-15(21-5-9-1-3-10(20)4-2-9)11-6-22-25(16(11)24-18)17-14(27)13(26)12(33-17)7-35(31,32)8-34(28,29)30/h1-4,6,12-14,17,26-27H,5,7-8H2,(H,21,23,24)(H2,28,29,30)/t12-,13-,14-,17-/m1/s1. The summed E-state index contributed by atoms with van der Waals surface area (Å²) in [5.74, 6) is -1.05. The van der Waals surface area contributed by atoms with Crippen molar-refractivity contribution in [1.29, 1.82) is 0 Å². The first kappa shape index (κ1) is 25.9. The summed E-state index contributed by atoms with van der Waals surface area (Å²) in [5.41, 5.74) is -0.579. The molecule has 13 nitrogen and oxygen atoms in total. The van der Waals surface area contributed by atoms with Crippen LogP contribution in [0.15, 0.2) is 30.5 Å². The van der Waals surface area contributed by atoms with E-state index in [0.29, 0.717) is 5.39 Å². The van der Waals surface area contributed by atoms with E-state index < -0.39 is 53.2 Å². The van der Waals surface area contributed by atoms with Crippen molar-refractivity contribution in [2.75, 3.05) is 16.6 Å². The second-order valence-corrected chi connectivity index (χ2v) is 12.4. The maximum atomic E-state index is 13.1. The van der Waals surface area contributed by atoms with E-state index >= 15 is 0 Å². The van der Waals surface area contributed by atoms with Gasteiger partial charge in [0.25, 0.3) is 0 Å². The Bertz CT molecular complexity index is 1390. The molecule has 0 saturated carbocycles. The molecule has 0 unspecified atom stereocenters. The molecule has 3 heterocycles. The van der Waals surface area contributed by atoms with E-state index in [4.69, 9.17) is 26.1 Å². The molecule has 0 aliphatic carbocycles. The molecule has 1 saturated heterocycles. The summed E-state index contributed by atoms with van der Waals surface area (Å²) in [6, 6.07) is 5.77. The van der Waals surface area contributed by atoms with Crippen LogP contribution in [0.25, 0.3) is 11.0 Å². The predicted molar refractivity (Wildman–Crippen MR) is 121 cm³/mol. The zero-order valence-electron chi connectivity index (χ0n) is 17.6. The van der Waals surface area contributed by atoms with Gasteiger partial charge in [0.05, 0.1) is 17.3 Å². The highest BCUT2D eigenvalue weighted by Gasteiger charge is 2.47. The molecule has 4 rings (SSSR count). The van der Waals surface area contributed by atoms with Crippen LogP contribution in [-0.2, 0) is 25.7 Å². The van der Waals surface area contributed by atoms with Crippen molar-refractivity contribution in [3.05, 3.63) is 47.1 Å². The zero-order valence-corrected chi connectivity index (χ0v) is 20.1. The summed E-state index contributed by atoms with van der Waals surface area (Å²) >= 11 is 6.05. The number of benzene rings is 1. The summed E-state index contributed by atoms with van der Waals surface area (Å²) in [5, 5.41) is 28.1. The smallest absolute Gasteiger partial charge is 0.340 e. The molecule has 1 aliphatic rings. The number of hydrogen-bond donors (Lipinski definition) is 5. The number of halogens is 2. The minimum absolute atomic E-state index is 0.0987. The van der Waals surface area contributed by atoms with Gasteiger partial charge >= 0.3 is 7.60 Å². The van der Waals surface area contributed by atoms with Crippen LogP contribution in [0.5, 0.6) is 0 Å². The van der Waals surface area contributed by atoms with E-state index in [0.717, 1.165) is 10.2 Å². The fourth-order valence-electron chi connectivity index (χ4n) is 3.64. The number of aromatic nitrogens is 4. The minimum atomic E-state index is -4.88. The molecule has 5 N–H and O–H groups in total. The molecule has 35 heavy (non-hydrogen) atoms. The van der Waals surface area contributed by atoms with Gasteiger partial charge in [-0.1, -0.05) is 12.1 Å². The van der Waals surface area contributed by atoms with Crippen LogP contribution in [0.3, 0.4) is 0 Å². The van der Waals surface area contributed by atoms with Crippen LogP contribution in [0.1, 0.15) is 11.8 Å². The van der Waals surface area contributed by atoms with E-state index in [9.17, 15) is 27.6 Å². The number of rotatable bonds is 8. The molecule has 0 radical (unpaired) electrons. The molecule has 1 aromatic carbocycles. The van der Waals surface area contributed by atoms with Crippen molar-refractivity contribution in [2.24, 2.45) is 0 Å². The summed E-state index contributed by atoms with van der Waals surface area (Å²) < 4.78 is 55.0. The van der Waals surface area contributed by atoms with Gasteiger partial charge in [0.15, 0.2) is 27.2 Å². The summed E-state index contributed by atoms with van der Waals surface area (Å²) in [6.07, 6.45) is -4.86. The van der Waals surface area contributed by atoms with Crippen LogP contribution in [0.2, 0.25) is 5.28 Å². The van der Waals surface area contributed by atoms with Crippen molar-refractivity contribution in [2.45, 2.75) is 31.1 Å². The van der Waals surface area contributed by atoms with Crippen LogP contribution < -0.4 is 5.32 Å². The summed E-state index contributed by atoms with van der Waals surface area (Å²) in [6.45, 7) is 0.259. The Kier molecular flexibility index (Phi) is 7.14. The molecular formula is C18H20ClFN5O8PS. The predicted octanol–water partition coefficient (Wildman–Crippen LogP) is 0.400. The van der Waals surface area contributed by atoms with Crippen molar-refractivity contribution >= 4 is 45.9 Å². The number of ether oxygens (including phenoxy) is 1. The number of anilines is 1. The van der Waals surface area contributed by atoms with Crippen molar-refractivity contribution in [3.8, 4) is 0 Å². The quantitative estimate of drug-likeness (QED) is 0.191. The Balaban J connectivity index is 1.58. The van der Waals surface area contributed by atoms with Crippen LogP contribution in [-0.4, -0.2) is 77.7 Å². The lowest BCUT2D eigenvalue weighted by Gasteiger charge is -2.16. The topological polar surface area (TPSA) is 197 Å². The summed E-state index contributed by atoms with van der Waals surface area (Å²) in [4.78, 5) is 26.1. The van der Waals surface area contributed by atoms with Crippen molar-refractivity contribution in [3.63, 3.8) is 0 Å². The van der Waals surface area contributed by atoms with Gasteiger partial charge in [0, 0.05) is 6.54 Å². The average Bonchev–Trinajstić information content (AvgIpc) is 3.27. The number of fused-ring (bicyclic) bond motifs is 1. The molecule has 2 aromatic heterocycles. The molecular weight excluding hydrogens is 532 g/mol. The van der Waals surface area contributed by atoms with Gasteiger partial charge in [-0.05, 0) is 29.3 Å². The third-order valence-corrected chi connectivity index (χ3v) is 9.09. The molecule has 0 spiro atoms. The van der Waals surface area contributed by atoms with E-state index in [1.165, 1.54) is 18.3 Å². The normalized spacial score (nSPS) is 23.1. The van der Waals surface area contributed by atoms with Gasteiger partial charge < -0.3 is 30.1 Å². The van der Waals surface area contributed by atoms with Crippen molar-refractivity contribution < 1.29 is 42.1 Å². The lowest BCUT2D eigenvalue weighted by molar-refractivity contribution is -0.0364. The minimum Gasteiger partial charge on any atom is -0.387 e. The molecule has 17 heteroatoms. The maximum absolute atomic E-state index is 13.1. The van der Waals surface area contributed by atoms with Crippen molar-refractivity contribution in [1.82, 2.24) is 19.7 Å². The lowest BCUT2D eigenvalue weighted by Crippen LogP contribution is -2.36. The molecule has 1 fully saturated rings. The molecule has 190 valence electrons. The Morgan fingerprint density at radius 1 is 1.17 bits per heavy atom. The van der Waals surface area contributed by atoms with Crippen LogP contribution in [0, 0.1) is 5.82 Å². The number of aliphatic hydroxyl groups is 2. The number of hydrogen-bond acceptors (Lipinski definition) is 10. The largest absolute Gasteiger partial charge is 0.387 e. The third kappa shape index (κ3) is 5.95. The first-order chi connectivity index (χ1) is 16.3. The van der Waals surface area contributed by atoms with Crippen LogP contribution >= 0.6 is 19.2 Å². The molecule has 0 amide bonds. The highest BCUT2D eigenvalue weighted by molar-refractivity contribution is 7.97. The van der Waals surface area contributed by atoms with Gasteiger partial charge in [-0.2, -0.15) is 15.1 Å². The number of sulfone groups is 1. The van der Waals surface area contributed by atoms with Crippen LogP contribution in [0.4, 0.5) is 10.2 Å². The van der Waals surface area contributed by atoms with Gasteiger partial charge in [0.1, 0.15) is 29.9 Å². The molecule has 4 atom stereocenters. The van der Waals surface area contributed by atoms with Gasteiger partial charge in [-0.3, -0.25) is 4.57 Å². The van der Waals surface area contributed by atoms with E-state index in [1.807, 2.05) is 0 Å². The second-order valence-electron chi connectivity index (χ2n) is 7.90. The molecule has 0 bridgehead atoms. The summed E-state index contributed by atoms with van der Waals surface area (Å²) in [7, 11) is -9.21. The number of nitrogens with one attached hydrogen (secondary N) is 1. The maximum Gasteiger partial charge on any atom is 0.340 e. The SMILES string of the molecule is O=P(O)(O)CS(=O)(=O)C[C@H]1O[C@@H](n2ncc3c(NCc4ccc(F)cc4)nc(Cl)nc32)[C@H](O)[C@@H]1O. The van der Waals surface area contributed by atoms with E-state index in [-0.39, 0.29) is 29.1 Å². The Hall–Kier alpha value is -2.23. The van der Waals surface area contributed by atoms with Gasteiger partial charge in [-0.25, -0.2) is 17.5 Å². The average molecular weight is 552 g/mol. The number of aliphatic hydroxyl groups excluding tert-OH is 2. The second kappa shape index (κ2) is 9.67. The third-order valence-electron chi connectivity index (χ3n) is 5.16. The van der Waals surface area contributed by atoms with E-state index in [1.54, 1.807) is 12.1 Å². The Morgan fingerprint density at radius 3 is 2.51 bits per heavy atom. The molecule has 3 aromatic rings. The van der Waals surface area contributed by atoms with E-state index in [2.05, 4.69) is 20.4 Å². The molecule has 1 aliphatic heterocycles. The fraction of sp³-hybridized carbons (Fsp3) is 0.389. The number of nitrogens with zero attached hydrogens (tertiary/aromatic N) is 4. The monoisotopic (exact) mass is 551 g/mol. The first-order valence-electron chi connectivity index (χ1n) is 9.99. The Labute approximate surface area is 202 Å². The van der Waals surface area contributed by atoms with Gasteiger partial charge in [-0.15, -0.1) is 0 Å². The highest BCUT2D eigenvalue weighted by Crippen LogP contribution is 2.38. The first-order valence-corrected chi connectivity index (χ1v) is 14.0. The van der Waals surface area contributed by atoms with Gasteiger partial charge in [0.2, 0.25) is 5.28 Å². The highest BCUT2D eigenvalue weighted by atomic mass is 35.5. The zero-order chi connectivity index (χ0) is 25.5. The lowest BCUT2D eigenvalue weighted by atomic mass is 10.1. The fourth-order valence-corrected chi connectivity index (χ4v) is 7.05.